The monoisotopic (exact) mass is 332 g/mol. The maximum atomic E-state index is 12.0. The molecule has 0 saturated carbocycles. The number of aliphatic hydroxyl groups is 1. The highest BCUT2D eigenvalue weighted by Gasteiger charge is 2.18. The van der Waals surface area contributed by atoms with Crippen LogP contribution in [0.4, 0.5) is 5.69 Å². The Balaban J connectivity index is 1.80. The van der Waals surface area contributed by atoms with Crippen molar-refractivity contribution in [3.05, 3.63) is 35.9 Å². The van der Waals surface area contributed by atoms with Crippen molar-refractivity contribution in [3.63, 3.8) is 0 Å². The van der Waals surface area contributed by atoms with Crippen LogP contribution in [-0.4, -0.2) is 54.2 Å². The van der Waals surface area contributed by atoms with Gasteiger partial charge in [-0.05, 0) is 43.5 Å². The van der Waals surface area contributed by atoms with E-state index in [1.807, 2.05) is 17.0 Å². The molecule has 1 aromatic rings. The quantitative estimate of drug-likeness (QED) is 0.612. The van der Waals surface area contributed by atoms with Gasteiger partial charge in [0.2, 0.25) is 5.91 Å². The predicted octanol–water partition coefficient (Wildman–Crippen LogP) is 1.66. The van der Waals surface area contributed by atoms with Gasteiger partial charge in [-0.25, -0.2) is 4.79 Å². The van der Waals surface area contributed by atoms with E-state index in [0.29, 0.717) is 18.8 Å². The van der Waals surface area contributed by atoms with E-state index in [1.54, 1.807) is 25.1 Å². The van der Waals surface area contributed by atoms with E-state index in [2.05, 4.69) is 5.32 Å². The minimum absolute atomic E-state index is 0.0683. The third-order valence-electron chi connectivity index (χ3n) is 3.82. The van der Waals surface area contributed by atoms with Crippen LogP contribution >= 0.6 is 0 Å². The number of nitrogens with one attached hydrogen (secondary N) is 1. The third-order valence-corrected chi connectivity index (χ3v) is 3.82. The molecule has 0 spiro atoms. The van der Waals surface area contributed by atoms with Crippen LogP contribution in [-0.2, 0) is 14.3 Å². The number of nitrogens with zero attached hydrogens (tertiary/aromatic N) is 1. The van der Waals surface area contributed by atoms with E-state index in [-0.39, 0.29) is 18.0 Å². The second-order valence-electron chi connectivity index (χ2n) is 5.76. The molecular weight excluding hydrogens is 308 g/mol. The van der Waals surface area contributed by atoms with Crippen molar-refractivity contribution in [2.75, 3.05) is 31.6 Å². The fourth-order valence-corrected chi connectivity index (χ4v) is 2.51. The second kappa shape index (κ2) is 9.20. The highest BCUT2D eigenvalue weighted by molar-refractivity contribution is 5.92. The fraction of sp³-hybridized carbons (Fsp3) is 0.444. The maximum Gasteiger partial charge on any atom is 0.330 e. The lowest BCUT2D eigenvalue weighted by Gasteiger charge is -2.28. The molecule has 0 atom stereocenters. The standard InChI is InChI=1S/C18H24N2O4/c1-2-24-18(23)8-5-14-3-6-15(7-4-14)19-17(22)13-20-11-9-16(21)10-12-20/h3-8,16,21H,2,9-13H2,1H3,(H,19,22). The normalized spacial score (nSPS) is 16.2. The number of carbonyl (C=O) groups is 2. The number of hydrogen-bond donors (Lipinski definition) is 2. The number of esters is 1. The molecule has 1 fully saturated rings. The van der Waals surface area contributed by atoms with Crippen molar-refractivity contribution in [2.24, 2.45) is 0 Å². The zero-order chi connectivity index (χ0) is 17.4. The molecule has 0 aliphatic carbocycles. The van der Waals surface area contributed by atoms with Gasteiger partial charge in [-0.15, -0.1) is 0 Å². The number of amides is 1. The van der Waals surface area contributed by atoms with Crippen molar-refractivity contribution in [3.8, 4) is 0 Å². The van der Waals surface area contributed by atoms with E-state index in [9.17, 15) is 14.7 Å². The molecule has 1 aliphatic heterocycles. The summed E-state index contributed by atoms with van der Waals surface area (Å²) < 4.78 is 4.82. The molecule has 0 aromatic heterocycles. The first-order valence-electron chi connectivity index (χ1n) is 8.22. The zero-order valence-electron chi connectivity index (χ0n) is 13.9. The van der Waals surface area contributed by atoms with Crippen LogP contribution in [0.15, 0.2) is 30.3 Å². The third kappa shape index (κ3) is 6.14. The first-order valence-corrected chi connectivity index (χ1v) is 8.22. The summed E-state index contributed by atoms with van der Waals surface area (Å²) in [5.74, 6) is -0.442. The SMILES string of the molecule is CCOC(=O)C=Cc1ccc(NC(=O)CN2CCC(O)CC2)cc1. The molecule has 1 aromatic carbocycles. The van der Waals surface area contributed by atoms with Crippen LogP contribution < -0.4 is 5.32 Å². The molecule has 1 aliphatic rings. The van der Waals surface area contributed by atoms with Crippen LogP contribution in [0, 0.1) is 0 Å². The Bertz CT molecular complexity index is 575. The van der Waals surface area contributed by atoms with Crippen LogP contribution in [0.3, 0.4) is 0 Å². The molecular formula is C18H24N2O4. The summed E-state index contributed by atoms with van der Waals surface area (Å²) in [5, 5.41) is 12.3. The summed E-state index contributed by atoms with van der Waals surface area (Å²) in [5.41, 5.74) is 1.57. The lowest BCUT2D eigenvalue weighted by molar-refractivity contribution is -0.137. The highest BCUT2D eigenvalue weighted by atomic mass is 16.5. The summed E-state index contributed by atoms with van der Waals surface area (Å²) in [7, 11) is 0. The number of hydrogen-bond acceptors (Lipinski definition) is 5. The van der Waals surface area contributed by atoms with Gasteiger partial charge in [-0.3, -0.25) is 9.69 Å². The molecule has 0 bridgehead atoms. The van der Waals surface area contributed by atoms with Gasteiger partial charge < -0.3 is 15.2 Å². The topological polar surface area (TPSA) is 78.9 Å². The summed E-state index contributed by atoms with van der Waals surface area (Å²) >= 11 is 0. The Morgan fingerprint density at radius 1 is 1.29 bits per heavy atom. The predicted molar refractivity (Wildman–Crippen MR) is 92.4 cm³/mol. The van der Waals surface area contributed by atoms with Gasteiger partial charge in [0, 0.05) is 24.9 Å². The first-order chi connectivity index (χ1) is 11.6. The summed E-state index contributed by atoms with van der Waals surface area (Å²) in [6.45, 7) is 3.93. The number of aliphatic hydroxyl groups excluding tert-OH is 1. The van der Waals surface area contributed by atoms with Gasteiger partial charge in [0.1, 0.15) is 0 Å². The van der Waals surface area contributed by atoms with Gasteiger partial charge in [-0.1, -0.05) is 12.1 Å². The summed E-state index contributed by atoms with van der Waals surface area (Å²) in [6.07, 6.45) is 4.24. The van der Waals surface area contributed by atoms with E-state index in [1.165, 1.54) is 6.08 Å². The zero-order valence-corrected chi connectivity index (χ0v) is 13.9. The molecule has 130 valence electrons. The van der Waals surface area contributed by atoms with Gasteiger partial charge in [0.25, 0.3) is 0 Å². The number of piperidine rings is 1. The molecule has 1 saturated heterocycles. The smallest absolute Gasteiger partial charge is 0.330 e. The average molecular weight is 332 g/mol. The van der Waals surface area contributed by atoms with Crippen LogP contribution in [0.2, 0.25) is 0 Å². The summed E-state index contributed by atoms with van der Waals surface area (Å²) in [4.78, 5) is 25.3. The van der Waals surface area contributed by atoms with E-state index in [4.69, 9.17) is 4.74 Å². The van der Waals surface area contributed by atoms with Crippen molar-refractivity contribution in [1.82, 2.24) is 4.90 Å². The Morgan fingerprint density at radius 2 is 1.96 bits per heavy atom. The lowest BCUT2D eigenvalue weighted by Crippen LogP contribution is -2.40. The van der Waals surface area contributed by atoms with Gasteiger partial charge in [-0.2, -0.15) is 0 Å². The molecule has 2 N–H and O–H groups in total. The number of likely N-dealkylation sites (tertiary alicyclic amines) is 1. The maximum absolute atomic E-state index is 12.0. The number of benzene rings is 1. The lowest BCUT2D eigenvalue weighted by atomic mass is 10.1. The van der Waals surface area contributed by atoms with Crippen molar-refractivity contribution >= 4 is 23.6 Å². The Hall–Kier alpha value is -2.18. The fourth-order valence-electron chi connectivity index (χ4n) is 2.51. The van der Waals surface area contributed by atoms with E-state index >= 15 is 0 Å². The largest absolute Gasteiger partial charge is 0.463 e. The number of carbonyl (C=O) groups excluding carboxylic acids is 2. The van der Waals surface area contributed by atoms with Gasteiger partial charge in [0.15, 0.2) is 0 Å². The molecule has 6 heteroatoms. The minimum Gasteiger partial charge on any atom is -0.463 e. The first kappa shape index (κ1) is 18.2. The van der Waals surface area contributed by atoms with Gasteiger partial charge in [0.05, 0.1) is 19.3 Å². The molecule has 2 rings (SSSR count). The average Bonchev–Trinajstić information content (AvgIpc) is 2.56. The highest BCUT2D eigenvalue weighted by Crippen LogP contribution is 2.12. The van der Waals surface area contributed by atoms with Crippen LogP contribution in [0.5, 0.6) is 0 Å². The Morgan fingerprint density at radius 3 is 2.58 bits per heavy atom. The van der Waals surface area contributed by atoms with Crippen molar-refractivity contribution in [1.29, 1.82) is 0 Å². The van der Waals surface area contributed by atoms with Crippen molar-refractivity contribution in [2.45, 2.75) is 25.9 Å². The molecule has 0 unspecified atom stereocenters. The van der Waals surface area contributed by atoms with Crippen molar-refractivity contribution < 1.29 is 19.4 Å². The van der Waals surface area contributed by atoms with E-state index < -0.39 is 0 Å². The minimum atomic E-state index is -0.374. The number of anilines is 1. The Labute approximate surface area is 142 Å². The van der Waals surface area contributed by atoms with Crippen LogP contribution in [0.1, 0.15) is 25.3 Å². The van der Waals surface area contributed by atoms with Crippen LogP contribution in [0.25, 0.3) is 6.08 Å². The summed E-state index contributed by atoms with van der Waals surface area (Å²) in [6, 6.07) is 7.23. The second-order valence-corrected chi connectivity index (χ2v) is 5.76. The molecule has 24 heavy (non-hydrogen) atoms. The molecule has 0 radical (unpaired) electrons. The number of ether oxygens (including phenoxy) is 1. The number of rotatable bonds is 6. The molecule has 6 nitrogen and oxygen atoms in total. The Kier molecular flexibility index (Phi) is 6.96. The molecule has 1 heterocycles. The van der Waals surface area contributed by atoms with E-state index in [0.717, 1.165) is 31.5 Å². The molecule has 1 amide bonds. The van der Waals surface area contributed by atoms with Gasteiger partial charge >= 0.3 is 5.97 Å².